The molecule has 0 bridgehead atoms. The van der Waals surface area contributed by atoms with Gasteiger partial charge in [0.2, 0.25) is 0 Å². The van der Waals surface area contributed by atoms with Crippen molar-refractivity contribution in [3.8, 4) is 0 Å². The average molecular weight is 375 g/mol. The summed E-state index contributed by atoms with van der Waals surface area (Å²) >= 11 is 0. The summed E-state index contributed by atoms with van der Waals surface area (Å²) in [6.07, 6.45) is 1.70. The maximum atomic E-state index is 11.9. The van der Waals surface area contributed by atoms with Crippen molar-refractivity contribution in [2.75, 3.05) is 6.61 Å². The Balaban J connectivity index is 2.24. The fourth-order valence-corrected chi connectivity index (χ4v) is 3.06. The third kappa shape index (κ3) is 8.33. The van der Waals surface area contributed by atoms with Crippen LogP contribution in [0.15, 0.2) is 0 Å². The standard InChI is InChI=1S/C20H38O6/c1-6-16(7-2)12-24-19(23)10-13(3)8-9-14(4)25-20-18(22)11-17(21)15(5)26-20/h13-18,20-22H,6-12H2,1-5H3/t13?,14-,15+,17-,18-,20-/m1/s1. The molecule has 0 aromatic carbocycles. The maximum Gasteiger partial charge on any atom is 0.306 e. The molecule has 0 saturated carbocycles. The zero-order valence-corrected chi connectivity index (χ0v) is 17.0. The Morgan fingerprint density at radius 3 is 2.42 bits per heavy atom. The summed E-state index contributed by atoms with van der Waals surface area (Å²) in [6, 6.07) is 0. The topological polar surface area (TPSA) is 85.2 Å². The van der Waals surface area contributed by atoms with E-state index in [2.05, 4.69) is 13.8 Å². The first-order valence-corrected chi connectivity index (χ1v) is 10.1. The predicted molar refractivity (Wildman–Crippen MR) is 99.6 cm³/mol. The first-order chi connectivity index (χ1) is 12.3. The van der Waals surface area contributed by atoms with Crippen LogP contribution < -0.4 is 0 Å². The van der Waals surface area contributed by atoms with Crippen molar-refractivity contribution in [1.29, 1.82) is 0 Å². The van der Waals surface area contributed by atoms with E-state index in [-0.39, 0.29) is 30.5 Å². The van der Waals surface area contributed by atoms with E-state index in [4.69, 9.17) is 14.2 Å². The largest absolute Gasteiger partial charge is 0.465 e. The minimum Gasteiger partial charge on any atom is -0.465 e. The van der Waals surface area contributed by atoms with Gasteiger partial charge in [-0.2, -0.15) is 0 Å². The van der Waals surface area contributed by atoms with E-state index in [1.54, 1.807) is 6.92 Å². The number of carbonyl (C=O) groups is 1. The smallest absolute Gasteiger partial charge is 0.306 e. The highest BCUT2D eigenvalue weighted by molar-refractivity contribution is 5.69. The maximum absolute atomic E-state index is 11.9. The fourth-order valence-electron chi connectivity index (χ4n) is 3.06. The summed E-state index contributed by atoms with van der Waals surface area (Å²) in [5.41, 5.74) is 0. The average Bonchev–Trinajstić information content (AvgIpc) is 2.58. The molecule has 154 valence electrons. The van der Waals surface area contributed by atoms with E-state index in [9.17, 15) is 15.0 Å². The number of carbonyl (C=O) groups excluding carboxylic acids is 1. The second-order valence-electron chi connectivity index (χ2n) is 7.78. The monoisotopic (exact) mass is 374 g/mol. The predicted octanol–water partition coefficient (Wildman–Crippen LogP) is 3.03. The number of aliphatic hydroxyl groups excluding tert-OH is 2. The molecular weight excluding hydrogens is 336 g/mol. The molecular formula is C20H38O6. The molecule has 1 fully saturated rings. The number of ether oxygens (including phenoxy) is 3. The van der Waals surface area contributed by atoms with Gasteiger partial charge in [-0.05, 0) is 38.5 Å². The molecule has 1 unspecified atom stereocenters. The van der Waals surface area contributed by atoms with Crippen molar-refractivity contribution in [2.45, 2.75) is 104 Å². The molecule has 0 aromatic heterocycles. The van der Waals surface area contributed by atoms with E-state index in [0.717, 1.165) is 25.7 Å². The molecule has 0 spiro atoms. The lowest BCUT2D eigenvalue weighted by atomic mass is 9.99. The van der Waals surface area contributed by atoms with Crippen LogP contribution in [0.1, 0.15) is 73.1 Å². The number of esters is 1. The van der Waals surface area contributed by atoms with E-state index in [1.165, 1.54) is 0 Å². The number of rotatable bonds is 11. The molecule has 2 N–H and O–H groups in total. The number of aliphatic hydroxyl groups is 2. The van der Waals surface area contributed by atoms with Gasteiger partial charge in [0.25, 0.3) is 0 Å². The summed E-state index contributed by atoms with van der Waals surface area (Å²) in [5.74, 6) is 0.533. The summed E-state index contributed by atoms with van der Waals surface area (Å²) in [5, 5.41) is 19.7. The Morgan fingerprint density at radius 2 is 1.81 bits per heavy atom. The molecule has 0 amide bonds. The van der Waals surface area contributed by atoms with Gasteiger partial charge in [-0.15, -0.1) is 0 Å². The van der Waals surface area contributed by atoms with Crippen molar-refractivity contribution < 1.29 is 29.2 Å². The molecule has 6 atom stereocenters. The van der Waals surface area contributed by atoms with Crippen molar-refractivity contribution in [2.24, 2.45) is 11.8 Å². The van der Waals surface area contributed by atoms with Crippen molar-refractivity contribution in [3.05, 3.63) is 0 Å². The van der Waals surface area contributed by atoms with Crippen molar-refractivity contribution >= 4 is 5.97 Å². The molecule has 1 rings (SSSR count). The number of hydrogen-bond acceptors (Lipinski definition) is 6. The zero-order valence-electron chi connectivity index (χ0n) is 17.0. The van der Waals surface area contributed by atoms with Gasteiger partial charge in [-0.1, -0.05) is 33.6 Å². The third-order valence-corrected chi connectivity index (χ3v) is 5.27. The van der Waals surface area contributed by atoms with E-state index in [1.807, 2.05) is 13.8 Å². The van der Waals surface area contributed by atoms with Crippen LogP contribution in [0.25, 0.3) is 0 Å². The first kappa shape index (κ1) is 23.3. The Labute approximate surface area is 158 Å². The molecule has 6 heteroatoms. The molecule has 1 aliphatic heterocycles. The molecule has 0 aromatic rings. The summed E-state index contributed by atoms with van der Waals surface area (Å²) in [7, 11) is 0. The molecule has 1 aliphatic rings. The molecule has 1 heterocycles. The van der Waals surface area contributed by atoms with Gasteiger partial charge in [-0.3, -0.25) is 4.79 Å². The summed E-state index contributed by atoms with van der Waals surface area (Å²) < 4.78 is 16.7. The third-order valence-electron chi connectivity index (χ3n) is 5.27. The van der Waals surface area contributed by atoms with Gasteiger partial charge in [0.05, 0.1) is 24.9 Å². The van der Waals surface area contributed by atoms with E-state index in [0.29, 0.717) is 18.9 Å². The van der Waals surface area contributed by atoms with Crippen LogP contribution in [0, 0.1) is 11.8 Å². The normalized spacial score (nSPS) is 28.8. The molecule has 0 radical (unpaired) electrons. The summed E-state index contributed by atoms with van der Waals surface area (Å²) in [4.78, 5) is 11.9. The van der Waals surface area contributed by atoms with Crippen molar-refractivity contribution in [1.82, 2.24) is 0 Å². The van der Waals surface area contributed by atoms with Crippen LogP contribution >= 0.6 is 0 Å². The Hall–Kier alpha value is -0.690. The lowest BCUT2D eigenvalue weighted by Gasteiger charge is -2.36. The molecule has 1 saturated heterocycles. The van der Waals surface area contributed by atoms with Crippen molar-refractivity contribution in [3.63, 3.8) is 0 Å². The van der Waals surface area contributed by atoms with Gasteiger partial charge < -0.3 is 24.4 Å². The second-order valence-corrected chi connectivity index (χ2v) is 7.78. The Morgan fingerprint density at radius 1 is 1.15 bits per heavy atom. The first-order valence-electron chi connectivity index (χ1n) is 10.1. The van der Waals surface area contributed by atoms with Gasteiger partial charge >= 0.3 is 5.97 Å². The fraction of sp³-hybridized carbons (Fsp3) is 0.950. The SMILES string of the molecule is CCC(CC)COC(=O)CC(C)CC[C@@H](C)O[C@@H]1O[C@@H](C)[C@H](O)C[C@H]1O. The van der Waals surface area contributed by atoms with E-state index >= 15 is 0 Å². The van der Waals surface area contributed by atoms with Crippen LogP contribution in [0.4, 0.5) is 0 Å². The van der Waals surface area contributed by atoms with Gasteiger partial charge in [0, 0.05) is 12.8 Å². The Bertz CT molecular complexity index is 398. The Kier molecular flexibility index (Phi) is 10.7. The van der Waals surface area contributed by atoms with Crippen LogP contribution in [0.2, 0.25) is 0 Å². The highest BCUT2D eigenvalue weighted by Gasteiger charge is 2.35. The second kappa shape index (κ2) is 11.9. The van der Waals surface area contributed by atoms with Crippen LogP contribution in [0.3, 0.4) is 0 Å². The number of hydrogen-bond donors (Lipinski definition) is 2. The van der Waals surface area contributed by atoms with Crippen LogP contribution in [-0.2, 0) is 19.0 Å². The molecule has 0 aliphatic carbocycles. The highest BCUT2D eigenvalue weighted by Crippen LogP contribution is 2.23. The van der Waals surface area contributed by atoms with Crippen LogP contribution in [0.5, 0.6) is 0 Å². The van der Waals surface area contributed by atoms with Crippen LogP contribution in [-0.4, -0.2) is 53.5 Å². The lowest BCUT2D eigenvalue weighted by molar-refractivity contribution is -0.273. The quantitative estimate of drug-likeness (QED) is 0.541. The zero-order chi connectivity index (χ0) is 19.7. The lowest BCUT2D eigenvalue weighted by Crippen LogP contribution is -2.48. The van der Waals surface area contributed by atoms with Gasteiger partial charge in [-0.25, -0.2) is 0 Å². The molecule has 26 heavy (non-hydrogen) atoms. The minimum absolute atomic E-state index is 0.0971. The minimum atomic E-state index is -0.818. The van der Waals surface area contributed by atoms with E-state index < -0.39 is 18.5 Å². The highest BCUT2D eigenvalue weighted by atomic mass is 16.7. The van der Waals surface area contributed by atoms with Gasteiger partial charge in [0.15, 0.2) is 6.29 Å². The van der Waals surface area contributed by atoms with Gasteiger partial charge in [0.1, 0.15) is 6.10 Å². The summed E-state index contributed by atoms with van der Waals surface area (Å²) in [6.45, 7) is 10.5. The molecule has 6 nitrogen and oxygen atoms in total.